The van der Waals surface area contributed by atoms with E-state index in [1.807, 2.05) is 0 Å². The quantitative estimate of drug-likeness (QED) is 0.0812. The molecule has 3 amide bonds. The summed E-state index contributed by atoms with van der Waals surface area (Å²) in [6.07, 6.45) is -0.629. The third-order valence-corrected chi connectivity index (χ3v) is 4.81. The second kappa shape index (κ2) is 15.4. The lowest BCUT2D eigenvalue weighted by molar-refractivity contribution is -0.145. The molecule has 0 radical (unpaired) electrons. The molecule has 0 aliphatic heterocycles. The summed E-state index contributed by atoms with van der Waals surface area (Å²) in [6, 6.07) is -5.08. The summed E-state index contributed by atoms with van der Waals surface area (Å²) in [6.45, 7) is 1.54. The van der Waals surface area contributed by atoms with E-state index in [0.29, 0.717) is 19.4 Å². The van der Waals surface area contributed by atoms with Crippen LogP contribution in [0.5, 0.6) is 0 Å². The van der Waals surface area contributed by atoms with E-state index >= 15 is 0 Å². The van der Waals surface area contributed by atoms with Gasteiger partial charge >= 0.3 is 11.9 Å². The molecule has 32 heavy (non-hydrogen) atoms. The predicted molar refractivity (Wildman–Crippen MR) is 117 cm³/mol. The fourth-order valence-corrected chi connectivity index (χ4v) is 2.82. The molecule has 0 aromatic carbocycles. The SMILES string of the molecule is CC(O)C(NC(=O)C(CS)NC(=O)C(CCCCN)NC(=O)C(N)CCC(=O)O)C(=O)O. The minimum absolute atomic E-state index is 0.129. The molecule has 5 atom stereocenters. The monoisotopic (exact) mass is 479 g/mol. The Morgan fingerprint density at radius 3 is 1.94 bits per heavy atom. The van der Waals surface area contributed by atoms with Gasteiger partial charge < -0.3 is 42.7 Å². The van der Waals surface area contributed by atoms with Crippen LogP contribution in [0.2, 0.25) is 0 Å². The number of aliphatic hydroxyl groups is 1. The van der Waals surface area contributed by atoms with Gasteiger partial charge in [0.2, 0.25) is 17.7 Å². The summed E-state index contributed by atoms with van der Waals surface area (Å²) in [5.74, 6) is -5.12. The van der Waals surface area contributed by atoms with Crippen LogP contribution in [-0.4, -0.2) is 87.5 Å². The number of nitrogens with one attached hydrogen (secondary N) is 3. The molecule has 0 spiro atoms. The number of thiol groups is 1. The van der Waals surface area contributed by atoms with E-state index in [2.05, 4.69) is 28.6 Å². The molecule has 0 rings (SSSR count). The topological polar surface area (TPSA) is 234 Å². The van der Waals surface area contributed by atoms with Gasteiger partial charge in [0.15, 0.2) is 6.04 Å². The number of nitrogens with two attached hydrogens (primary N) is 2. The van der Waals surface area contributed by atoms with Gasteiger partial charge in [-0.15, -0.1) is 0 Å². The highest BCUT2D eigenvalue weighted by Crippen LogP contribution is 2.05. The first-order valence-corrected chi connectivity index (χ1v) is 10.7. The van der Waals surface area contributed by atoms with E-state index in [0.717, 1.165) is 0 Å². The minimum Gasteiger partial charge on any atom is -0.481 e. The molecule has 184 valence electrons. The zero-order valence-electron chi connectivity index (χ0n) is 17.8. The second-order valence-corrected chi connectivity index (χ2v) is 7.56. The summed E-state index contributed by atoms with van der Waals surface area (Å²) < 4.78 is 0. The molecule has 0 saturated heterocycles. The van der Waals surface area contributed by atoms with E-state index in [4.69, 9.17) is 21.7 Å². The predicted octanol–water partition coefficient (Wildman–Crippen LogP) is -2.84. The summed E-state index contributed by atoms with van der Waals surface area (Å²) in [7, 11) is 0. The molecule has 13 nitrogen and oxygen atoms in total. The lowest BCUT2D eigenvalue weighted by Crippen LogP contribution is -2.58. The van der Waals surface area contributed by atoms with Crippen molar-refractivity contribution in [3.05, 3.63) is 0 Å². The van der Waals surface area contributed by atoms with Gasteiger partial charge in [0.05, 0.1) is 12.1 Å². The molecule has 0 aliphatic carbocycles. The van der Waals surface area contributed by atoms with E-state index in [1.165, 1.54) is 6.92 Å². The number of amides is 3. The van der Waals surface area contributed by atoms with Gasteiger partial charge in [0, 0.05) is 12.2 Å². The van der Waals surface area contributed by atoms with Crippen LogP contribution in [0.4, 0.5) is 0 Å². The molecule has 0 aliphatic rings. The molecule has 0 aromatic rings. The summed E-state index contributed by atoms with van der Waals surface area (Å²) in [5.41, 5.74) is 11.1. The normalized spacial score (nSPS) is 15.5. The Morgan fingerprint density at radius 2 is 1.47 bits per heavy atom. The van der Waals surface area contributed by atoms with Gasteiger partial charge in [-0.25, -0.2) is 4.79 Å². The van der Waals surface area contributed by atoms with Gasteiger partial charge in [-0.05, 0) is 39.2 Å². The zero-order valence-corrected chi connectivity index (χ0v) is 18.7. The third-order valence-electron chi connectivity index (χ3n) is 4.45. The van der Waals surface area contributed by atoms with E-state index in [-0.39, 0.29) is 25.0 Å². The van der Waals surface area contributed by atoms with E-state index in [9.17, 15) is 29.1 Å². The molecule has 0 heterocycles. The van der Waals surface area contributed by atoms with E-state index < -0.39 is 59.9 Å². The summed E-state index contributed by atoms with van der Waals surface area (Å²) in [4.78, 5) is 59.2. The molecule has 10 N–H and O–H groups in total. The Bertz CT molecular complexity index is 663. The van der Waals surface area contributed by atoms with E-state index in [1.54, 1.807) is 0 Å². The molecule has 0 bridgehead atoms. The van der Waals surface area contributed by atoms with Crippen molar-refractivity contribution in [1.29, 1.82) is 0 Å². The van der Waals surface area contributed by atoms with Gasteiger partial charge in [-0.1, -0.05) is 0 Å². The van der Waals surface area contributed by atoms with Crippen LogP contribution in [0, 0.1) is 0 Å². The lowest BCUT2D eigenvalue weighted by Gasteiger charge is -2.25. The first kappa shape index (κ1) is 29.6. The maximum absolute atomic E-state index is 12.7. The van der Waals surface area contributed by atoms with Crippen LogP contribution < -0.4 is 27.4 Å². The Balaban J connectivity index is 5.22. The van der Waals surface area contributed by atoms with Crippen molar-refractivity contribution in [2.45, 2.75) is 69.3 Å². The number of hydrogen-bond acceptors (Lipinski definition) is 9. The second-order valence-electron chi connectivity index (χ2n) is 7.19. The highest BCUT2D eigenvalue weighted by Gasteiger charge is 2.31. The number of carbonyl (C=O) groups excluding carboxylic acids is 3. The largest absolute Gasteiger partial charge is 0.481 e. The van der Waals surface area contributed by atoms with Gasteiger partial charge in [-0.2, -0.15) is 12.6 Å². The average Bonchev–Trinajstić information content (AvgIpc) is 2.72. The highest BCUT2D eigenvalue weighted by molar-refractivity contribution is 7.80. The Morgan fingerprint density at radius 1 is 0.906 bits per heavy atom. The maximum atomic E-state index is 12.7. The summed E-state index contributed by atoms with van der Waals surface area (Å²) in [5, 5.41) is 34.2. The third kappa shape index (κ3) is 11.3. The van der Waals surface area contributed by atoms with Crippen LogP contribution in [0.1, 0.15) is 39.0 Å². The van der Waals surface area contributed by atoms with Crippen molar-refractivity contribution >= 4 is 42.3 Å². The first-order valence-electron chi connectivity index (χ1n) is 10.0. The van der Waals surface area contributed by atoms with Crippen molar-refractivity contribution in [3.63, 3.8) is 0 Å². The fourth-order valence-electron chi connectivity index (χ4n) is 2.56. The van der Waals surface area contributed by atoms with Crippen LogP contribution in [-0.2, 0) is 24.0 Å². The molecular weight excluding hydrogens is 446 g/mol. The number of carboxylic acids is 2. The van der Waals surface area contributed by atoms with Crippen molar-refractivity contribution in [3.8, 4) is 0 Å². The first-order chi connectivity index (χ1) is 14.9. The number of carbonyl (C=O) groups is 5. The number of hydrogen-bond donors (Lipinski definition) is 9. The Kier molecular flexibility index (Phi) is 14.2. The van der Waals surface area contributed by atoms with Crippen molar-refractivity contribution < 1.29 is 39.3 Å². The fraction of sp³-hybridized carbons (Fsp3) is 0.722. The smallest absolute Gasteiger partial charge is 0.328 e. The number of unbranched alkanes of at least 4 members (excludes halogenated alkanes) is 1. The molecule has 0 fully saturated rings. The standard InChI is InChI=1S/C18H33N5O8S/c1-9(24)14(18(30)31)23-17(29)12(8-32)22-16(28)11(4-2-3-7-19)21-15(27)10(20)5-6-13(25)26/h9-12,14,24,32H,2-8,19-20H2,1H3,(H,21,27)(H,22,28)(H,23,29)(H,25,26)(H,30,31). The minimum atomic E-state index is -1.59. The maximum Gasteiger partial charge on any atom is 0.328 e. The number of carboxylic acid groups (broad SMARTS) is 2. The summed E-state index contributed by atoms with van der Waals surface area (Å²) >= 11 is 3.99. The van der Waals surface area contributed by atoms with Crippen LogP contribution in [0.3, 0.4) is 0 Å². The van der Waals surface area contributed by atoms with Crippen LogP contribution in [0.25, 0.3) is 0 Å². The molecule has 5 unspecified atom stereocenters. The zero-order chi connectivity index (χ0) is 24.8. The van der Waals surface area contributed by atoms with Crippen LogP contribution in [0.15, 0.2) is 0 Å². The van der Waals surface area contributed by atoms with Crippen molar-refractivity contribution in [2.75, 3.05) is 12.3 Å². The molecule has 0 saturated carbocycles. The van der Waals surface area contributed by atoms with Crippen molar-refractivity contribution in [2.24, 2.45) is 11.5 Å². The van der Waals surface area contributed by atoms with Gasteiger partial charge in [0.1, 0.15) is 12.1 Å². The van der Waals surface area contributed by atoms with Gasteiger partial charge in [-0.3, -0.25) is 19.2 Å². The highest BCUT2D eigenvalue weighted by atomic mass is 32.1. The van der Waals surface area contributed by atoms with Gasteiger partial charge in [0.25, 0.3) is 0 Å². The number of rotatable bonds is 16. The Hall–Kier alpha value is -2.42. The Labute approximate surface area is 191 Å². The van der Waals surface area contributed by atoms with Crippen molar-refractivity contribution in [1.82, 2.24) is 16.0 Å². The lowest BCUT2D eigenvalue weighted by atomic mass is 10.1. The number of aliphatic hydroxyl groups excluding tert-OH is 1. The molecule has 14 heteroatoms. The average molecular weight is 480 g/mol. The molecule has 0 aromatic heterocycles. The van der Waals surface area contributed by atoms with Crippen LogP contribution >= 0.6 is 12.6 Å². The molecular formula is C18H33N5O8S. The number of aliphatic carboxylic acids is 2.